The molecule has 0 spiro atoms. The van der Waals surface area contributed by atoms with Gasteiger partial charge in [-0.2, -0.15) is 0 Å². The minimum atomic E-state index is -0.648. The van der Waals surface area contributed by atoms with Crippen molar-refractivity contribution in [2.24, 2.45) is 10.8 Å². The van der Waals surface area contributed by atoms with Gasteiger partial charge in [-0.25, -0.2) is 0 Å². The van der Waals surface area contributed by atoms with Crippen molar-refractivity contribution >= 4 is 0 Å². The van der Waals surface area contributed by atoms with Gasteiger partial charge in [0.1, 0.15) is 0 Å². The summed E-state index contributed by atoms with van der Waals surface area (Å²) in [6.45, 7) is 8.19. The van der Waals surface area contributed by atoms with Gasteiger partial charge in [0.15, 0.2) is 0 Å². The van der Waals surface area contributed by atoms with Crippen LogP contribution in [0.1, 0.15) is 40.5 Å². The van der Waals surface area contributed by atoms with E-state index in [1.54, 1.807) is 0 Å². The summed E-state index contributed by atoms with van der Waals surface area (Å²) < 4.78 is 0. The third-order valence-corrected chi connectivity index (χ3v) is 3.20. The minimum Gasteiger partial charge on any atom is -0.396 e. The molecular formula is C10H20O2. The number of hydrogen-bond donors (Lipinski definition) is 2. The highest BCUT2D eigenvalue weighted by molar-refractivity contribution is 5.07. The predicted molar refractivity (Wildman–Crippen MR) is 48.8 cm³/mol. The molecule has 2 heteroatoms. The average Bonchev–Trinajstić information content (AvgIpc) is 1.83. The lowest BCUT2D eigenvalue weighted by Crippen LogP contribution is -2.59. The SMILES string of the molecule is CC1(C)CC(O)(C(C)(C)CO)C1. The van der Waals surface area contributed by atoms with Crippen LogP contribution < -0.4 is 0 Å². The maximum atomic E-state index is 10.1. The maximum absolute atomic E-state index is 10.1. The van der Waals surface area contributed by atoms with Gasteiger partial charge in [-0.15, -0.1) is 0 Å². The molecule has 0 aromatic heterocycles. The first-order valence-corrected chi connectivity index (χ1v) is 4.56. The Bertz CT molecular complexity index is 174. The highest BCUT2D eigenvalue weighted by Crippen LogP contribution is 2.55. The minimum absolute atomic E-state index is 0.0551. The van der Waals surface area contributed by atoms with Gasteiger partial charge in [0.25, 0.3) is 0 Å². The van der Waals surface area contributed by atoms with Crippen molar-refractivity contribution in [2.45, 2.75) is 46.1 Å². The summed E-state index contributed by atoms with van der Waals surface area (Å²) in [5.41, 5.74) is -0.755. The first kappa shape index (κ1) is 10.0. The van der Waals surface area contributed by atoms with Crippen LogP contribution in [0, 0.1) is 10.8 Å². The van der Waals surface area contributed by atoms with Crippen LogP contribution in [0.25, 0.3) is 0 Å². The Labute approximate surface area is 74.6 Å². The monoisotopic (exact) mass is 172 g/mol. The van der Waals surface area contributed by atoms with Gasteiger partial charge in [-0.1, -0.05) is 27.7 Å². The van der Waals surface area contributed by atoms with Crippen LogP contribution in [-0.4, -0.2) is 22.4 Å². The molecule has 0 saturated heterocycles. The van der Waals surface area contributed by atoms with E-state index in [1.807, 2.05) is 13.8 Å². The number of aliphatic hydroxyl groups excluding tert-OH is 1. The number of rotatable bonds is 2. The Balaban J connectivity index is 2.66. The smallest absolute Gasteiger partial charge is 0.0730 e. The Kier molecular flexibility index (Phi) is 2.05. The van der Waals surface area contributed by atoms with Gasteiger partial charge in [0, 0.05) is 5.41 Å². The number of aliphatic hydroxyl groups is 2. The molecule has 2 nitrogen and oxygen atoms in total. The lowest BCUT2D eigenvalue weighted by atomic mass is 9.52. The lowest BCUT2D eigenvalue weighted by Gasteiger charge is -2.57. The molecule has 0 radical (unpaired) electrons. The summed E-state index contributed by atoms with van der Waals surface area (Å²) in [5, 5.41) is 19.2. The van der Waals surface area contributed by atoms with Crippen molar-refractivity contribution in [3.63, 3.8) is 0 Å². The second-order valence-electron chi connectivity index (χ2n) is 5.59. The summed E-state index contributed by atoms with van der Waals surface area (Å²) in [5.74, 6) is 0. The molecule has 0 aromatic carbocycles. The molecule has 0 bridgehead atoms. The highest BCUT2D eigenvalue weighted by Gasteiger charge is 2.55. The Morgan fingerprint density at radius 2 is 1.67 bits per heavy atom. The van der Waals surface area contributed by atoms with Crippen LogP contribution in [0.4, 0.5) is 0 Å². The summed E-state index contributed by atoms with van der Waals surface area (Å²) in [7, 11) is 0. The van der Waals surface area contributed by atoms with Crippen LogP contribution in [-0.2, 0) is 0 Å². The quantitative estimate of drug-likeness (QED) is 0.663. The third kappa shape index (κ3) is 1.38. The summed E-state index contributed by atoms with van der Waals surface area (Å²) >= 11 is 0. The molecule has 0 atom stereocenters. The zero-order chi connectivity index (χ0) is 9.62. The Hall–Kier alpha value is -0.0800. The lowest BCUT2D eigenvalue weighted by molar-refractivity contribution is -0.194. The van der Waals surface area contributed by atoms with E-state index in [1.165, 1.54) is 0 Å². The highest BCUT2D eigenvalue weighted by atomic mass is 16.3. The molecule has 0 heterocycles. The molecular weight excluding hydrogens is 152 g/mol. The van der Waals surface area contributed by atoms with Crippen molar-refractivity contribution in [3.8, 4) is 0 Å². The molecule has 0 unspecified atom stereocenters. The summed E-state index contributed by atoms with van der Waals surface area (Å²) in [6, 6.07) is 0. The van der Waals surface area contributed by atoms with E-state index in [4.69, 9.17) is 5.11 Å². The molecule has 72 valence electrons. The molecule has 1 fully saturated rings. The van der Waals surface area contributed by atoms with E-state index < -0.39 is 5.60 Å². The van der Waals surface area contributed by atoms with E-state index in [2.05, 4.69) is 13.8 Å². The summed E-state index contributed by atoms with van der Waals surface area (Å²) in [6.07, 6.45) is 1.60. The van der Waals surface area contributed by atoms with Crippen molar-refractivity contribution < 1.29 is 10.2 Å². The van der Waals surface area contributed by atoms with Crippen molar-refractivity contribution in [2.75, 3.05) is 6.61 Å². The third-order valence-electron chi connectivity index (χ3n) is 3.20. The van der Waals surface area contributed by atoms with E-state index in [0.717, 1.165) is 12.8 Å². The fraction of sp³-hybridized carbons (Fsp3) is 1.00. The molecule has 0 aromatic rings. The Morgan fingerprint density at radius 3 is 1.92 bits per heavy atom. The molecule has 1 aliphatic rings. The molecule has 0 aliphatic heterocycles. The molecule has 2 N–H and O–H groups in total. The topological polar surface area (TPSA) is 40.5 Å². The fourth-order valence-electron chi connectivity index (χ4n) is 2.16. The van der Waals surface area contributed by atoms with Crippen molar-refractivity contribution in [1.82, 2.24) is 0 Å². The maximum Gasteiger partial charge on any atom is 0.0730 e. The van der Waals surface area contributed by atoms with Crippen LogP contribution in [0.5, 0.6) is 0 Å². The fourth-order valence-corrected chi connectivity index (χ4v) is 2.16. The molecule has 0 amide bonds. The van der Waals surface area contributed by atoms with Gasteiger partial charge < -0.3 is 10.2 Å². The van der Waals surface area contributed by atoms with Crippen LogP contribution in [0.3, 0.4) is 0 Å². The van der Waals surface area contributed by atoms with E-state index in [9.17, 15) is 5.11 Å². The van der Waals surface area contributed by atoms with Crippen molar-refractivity contribution in [1.29, 1.82) is 0 Å². The zero-order valence-corrected chi connectivity index (χ0v) is 8.52. The summed E-state index contributed by atoms with van der Waals surface area (Å²) in [4.78, 5) is 0. The normalized spacial score (nSPS) is 26.5. The predicted octanol–water partition coefficient (Wildman–Crippen LogP) is 1.56. The van der Waals surface area contributed by atoms with Gasteiger partial charge in [-0.3, -0.25) is 0 Å². The van der Waals surface area contributed by atoms with E-state index in [-0.39, 0.29) is 17.4 Å². The van der Waals surface area contributed by atoms with Crippen molar-refractivity contribution in [3.05, 3.63) is 0 Å². The average molecular weight is 172 g/mol. The first-order valence-electron chi connectivity index (χ1n) is 4.56. The molecule has 1 rings (SSSR count). The standard InChI is InChI=1S/C10H20O2/c1-8(2)5-10(12,6-8)9(3,4)7-11/h11-12H,5-7H2,1-4H3. The van der Waals surface area contributed by atoms with Crippen LogP contribution in [0.2, 0.25) is 0 Å². The molecule has 12 heavy (non-hydrogen) atoms. The Morgan fingerprint density at radius 1 is 1.25 bits per heavy atom. The molecule has 1 saturated carbocycles. The van der Waals surface area contributed by atoms with E-state index in [0.29, 0.717) is 0 Å². The van der Waals surface area contributed by atoms with Crippen LogP contribution >= 0.6 is 0 Å². The second kappa shape index (κ2) is 2.46. The zero-order valence-electron chi connectivity index (χ0n) is 8.52. The second-order valence-corrected chi connectivity index (χ2v) is 5.59. The first-order chi connectivity index (χ1) is 5.22. The molecule has 1 aliphatic carbocycles. The van der Waals surface area contributed by atoms with Gasteiger partial charge in [0.05, 0.1) is 12.2 Å². The van der Waals surface area contributed by atoms with Crippen LogP contribution in [0.15, 0.2) is 0 Å². The van der Waals surface area contributed by atoms with Gasteiger partial charge in [-0.05, 0) is 18.3 Å². The largest absolute Gasteiger partial charge is 0.396 e. The van der Waals surface area contributed by atoms with Gasteiger partial charge >= 0.3 is 0 Å². The van der Waals surface area contributed by atoms with Gasteiger partial charge in [0.2, 0.25) is 0 Å². The van der Waals surface area contributed by atoms with E-state index >= 15 is 0 Å². The number of hydrogen-bond acceptors (Lipinski definition) is 2.